The first-order valence-electron chi connectivity index (χ1n) is 5.33. The molecule has 1 aromatic heterocycles. The van der Waals surface area contributed by atoms with Crippen LogP contribution in [0.3, 0.4) is 0 Å². The molecule has 0 radical (unpaired) electrons. The maximum Gasteiger partial charge on any atom is 0.339 e. The molecule has 1 aromatic carbocycles. The van der Waals surface area contributed by atoms with Crippen LogP contribution in [0.15, 0.2) is 35.0 Å². The van der Waals surface area contributed by atoms with Gasteiger partial charge in [-0.25, -0.2) is 4.79 Å². The molecule has 0 aliphatic carbocycles. The molecule has 5 heteroatoms. The molecule has 0 spiro atoms. The number of benzene rings is 1. The molecule has 0 unspecified atom stereocenters. The highest BCUT2D eigenvalue weighted by Gasteiger charge is 2.13. The summed E-state index contributed by atoms with van der Waals surface area (Å²) in [6.07, 6.45) is 0. The van der Waals surface area contributed by atoms with Crippen LogP contribution >= 0.6 is 11.3 Å². The molecule has 0 atom stereocenters. The van der Waals surface area contributed by atoms with Crippen molar-refractivity contribution in [2.75, 3.05) is 12.8 Å². The number of methoxy groups -OCH3 is 1. The summed E-state index contributed by atoms with van der Waals surface area (Å²) >= 11 is 1.44. The summed E-state index contributed by atoms with van der Waals surface area (Å²) in [4.78, 5) is 11.5. The molecule has 94 valence electrons. The third-order valence-electron chi connectivity index (χ3n) is 2.45. The van der Waals surface area contributed by atoms with E-state index in [1.54, 1.807) is 17.5 Å². The number of ether oxygens (including phenoxy) is 2. The number of thiophene rings is 1. The van der Waals surface area contributed by atoms with Gasteiger partial charge in [0.1, 0.15) is 12.4 Å². The summed E-state index contributed by atoms with van der Waals surface area (Å²) in [5, 5.41) is 3.62. The molecule has 0 aliphatic heterocycles. The van der Waals surface area contributed by atoms with E-state index in [1.807, 2.05) is 17.5 Å². The number of nitrogens with two attached hydrogens (primary N) is 1. The number of para-hydroxylation sites is 2. The molecule has 18 heavy (non-hydrogen) atoms. The molecule has 0 bridgehead atoms. The summed E-state index contributed by atoms with van der Waals surface area (Å²) in [7, 11) is 1.36. The number of hydrogen-bond acceptors (Lipinski definition) is 5. The van der Waals surface area contributed by atoms with Crippen LogP contribution in [-0.2, 0) is 11.3 Å². The smallest absolute Gasteiger partial charge is 0.339 e. The van der Waals surface area contributed by atoms with Gasteiger partial charge in [0.05, 0.1) is 18.4 Å². The predicted molar refractivity (Wildman–Crippen MR) is 70.8 cm³/mol. The maximum absolute atomic E-state index is 11.5. The minimum absolute atomic E-state index is 0.294. The molecule has 2 rings (SSSR count). The fraction of sp³-hybridized carbons (Fsp3) is 0.154. The minimum Gasteiger partial charge on any atom is -0.487 e. The lowest BCUT2D eigenvalue weighted by Gasteiger charge is -2.08. The Morgan fingerprint density at radius 1 is 1.33 bits per heavy atom. The van der Waals surface area contributed by atoms with Crippen LogP contribution in [0.2, 0.25) is 0 Å². The van der Waals surface area contributed by atoms with Gasteiger partial charge in [-0.2, -0.15) is 11.3 Å². The highest BCUT2D eigenvalue weighted by molar-refractivity contribution is 7.08. The number of hydrogen-bond donors (Lipinski definition) is 1. The molecule has 0 aliphatic rings. The van der Waals surface area contributed by atoms with Gasteiger partial charge in [-0.05, 0) is 17.5 Å². The molecule has 4 nitrogen and oxygen atoms in total. The van der Waals surface area contributed by atoms with E-state index < -0.39 is 0 Å². The predicted octanol–water partition coefficient (Wildman–Crippen LogP) is 2.70. The quantitative estimate of drug-likeness (QED) is 0.680. The molecule has 0 amide bonds. The molecule has 0 fully saturated rings. The molecule has 2 aromatic rings. The van der Waals surface area contributed by atoms with Crippen LogP contribution < -0.4 is 10.5 Å². The number of nitrogen functional groups attached to an aromatic ring is 1. The van der Waals surface area contributed by atoms with Crippen LogP contribution in [0.1, 0.15) is 15.9 Å². The van der Waals surface area contributed by atoms with E-state index in [-0.39, 0.29) is 5.97 Å². The van der Waals surface area contributed by atoms with Gasteiger partial charge in [0.25, 0.3) is 0 Å². The lowest BCUT2D eigenvalue weighted by Crippen LogP contribution is -2.05. The fourth-order valence-corrected chi connectivity index (χ4v) is 2.30. The molecule has 1 heterocycles. The summed E-state index contributed by atoms with van der Waals surface area (Å²) in [5.74, 6) is 0.260. The van der Waals surface area contributed by atoms with Crippen molar-refractivity contribution in [1.82, 2.24) is 0 Å². The first kappa shape index (κ1) is 12.4. The van der Waals surface area contributed by atoms with Crippen LogP contribution in [0.25, 0.3) is 0 Å². The molecule has 0 saturated heterocycles. The number of esters is 1. The van der Waals surface area contributed by atoms with Gasteiger partial charge in [0.2, 0.25) is 0 Å². The van der Waals surface area contributed by atoms with Gasteiger partial charge in [0, 0.05) is 10.9 Å². The second-order valence-corrected chi connectivity index (χ2v) is 4.37. The third kappa shape index (κ3) is 2.62. The first-order chi connectivity index (χ1) is 8.72. The van der Waals surface area contributed by atoms with Crippen molar-refractivity contribution >= 4 is 23.0 Å². The van der Waals surface area contributed by atoms with E-state index in [2.05, 4.69) is 0 Å². The Morgan fingerprint density at radius 2 is 2.11 bits per heavy atom. The summed E-state index contributed by atoms with van der Waals surface area (Å²) in [6.45, 7) is 0.294. The summed E-state index contributed by atoms with van der Waals surface area (Å²) in [5.41, 5.74) is 7.69. The zero-order valence-corrected chi connectivity index (χ0v) is 10.7. The van der Waals surface area contributed by atoms with Crippen molar-refractivity contribution in [3.05, 3.63) is 46.2 Å². The highest BCUT2D eigenvalue weighted by atomic mass is 32.1. The van der Waals surface area contributed by atoms with Gasteiger partial charge >= 0.3 is 5.97 Å². The number of anilines is 1. The Hall–Kier alpha value is -2.01. The highest BCUT2D eigenvalue weighted by Crippen LogP contribution is 2.23. The van der Waals surface area contributed by atoms with E-state index >= 15 is 0 Å². The van der Waals surface area contributed by atoms with Crippen LogP contribution in [0.4, 0.5) is 5.69 Å². The molecule has 0 saturated carbocycles. The topological polar surface area (TPSA) is 61.5 Å². The Morgan fingerprint density at radius 3 is 2.83 bits per heavy atom. The van der Waals surface area contributed by atoms with Crippen LogP contribution in [0.5, 0.6) is 5.75 Å². The van der Waals surface area contributed by atoms with Gasteiger partial charge < -0.3 is 15.2 Å². The molecular formula is C13H13NO3S. The summed E-state index contributed by atoms with van der Waals surface area (Å²) in [6, 6.07) is 7.25. The second kappa shape index (κ2) is 5.55. The Labute approximate surface area is 109 Å². The fourth-order valence-electron chi connectivity index (χ4n) is 1.49. The van der Waals surface area contributed by atoms with Gasteiger partial charge in [-0.3, -0.25) is 0 Å². The van der Waals surface area contributed by atoms with Crippen molar-refractivity contribution in [2.24, 2.45) is 0 Å². The van der Waals surface area contributed by atoms with E-state index in [1.165, 1.54) is 18.4 Å². The Bertz CT molecular complexity index is 551. The van der Waals surface area contributed by atoms with Crippen molar-refractivity contribution < 1.29 is 14.3 Å². The number of carbonyl (C=O) groups excluding carboxylic acids is 1. The largest absolute Gasteiger partial charge is 0.487 e. The van der Waals surface area contributed by atoms with E-state index in [0.717, 1.165) is 5.56 Å². The average molecular weight is 263 g/mol. The van der Waals surface area contributed by atoms with Gasteiger partial charge in [-0.1, -0.05) is 12.1 Å². The van der Waals surface area contributed by atoms with E-state index in [4.69, 9.17) is 15.2 Å². The van der Waals surface area contributed by atoms with Gasteiger partial charge in [-0.15, -0.1) is 0 Å². The zero-order chi connectivity index (χ0) is 13.0. The SMILES string of the molecule is COC(=O)c1cscc1COc1ccccc1N. The standard InChI is InChI=1S/C13H13NO3S/c1-16-13(15)10-8-18-7-9(10)6-17-12-5-3-2-4-11(12)14/h2-5,7-8H,6,14H2,1H3. The minimum atomic E-state index is -0.351. The average Bonchev–Trinajstić information content (AvgIpc) is 2.85. The van der Waals surface area contributed by atoms with E-state index in [0.29, 0.717) is 23.6 Å². The number of rotatable bonds is 4. The maximum atomic E-state index is 11.5. The molecule has 2 N–H and O–H groups in total. The molecular weight excluding hydrogens is 250 g/mol. The van der Waals surface area contributed by atoms with Crippen LogP contribution in [0, 0.1) is 0 Å². The zero-order valence-electron chi connectivity index (χ0n) is 9.88. The van der Waals surface area contributed by atoms with Crippen molar-refractivity contribution in [3.8, 4) is 5.75 Å². The van der Waals surface area contributed by atoms with E-state index in [9.17, 15) is 4.79 Å². The Balaban J connectivity index is 2.09. The van der Waals surface area contributed by atoms with Crippen molar-refractivity contribution in [2.45, 2.75) is 6.61 Å². The van der Waals surface area contributed by atoms with Crippen molar-refractivity contribution in [1.29, 1.82) is 0 Å². The van der Waals surface area contributed by atoms with Crippen LogP contribution in [-0.4, -0.2) is 13.1 Å². The Kier molecular flexibility index (Phi) is 3.84. The monoisotopic (exact) mass is 263 g/mol. The third-order valence-corrected chi connectivity index (χ3v) is 3.24. The van der Waals surface area contributed by atoms with Gasteiger partial charge in [0.15, 0.2) is 0 Å². The normalized spacial score (nSPS) is 10.1. The second-order valence-electron chi connectivity index (χ2n) is 3.63. The number of carbonyl (C=O) groups is 1. The lowest BCUT2D eigenvalue weighted by atomic mass is 10.2. The van der Waals surface area contributed by atoms with Crippen molar-refractivity contribution in [3.63, 3.8) is 0 Å². The lowest BCUT2D eigenvalue weighted by molar-refractivity contribution is 0.0598. The summed E-state index contributed by atoms with van der Waals surface area (Å²) < 4.78 is 10.3. The first-order valence-corrected chi connectivity index (χ1v) is 6.27.